The third-order valence-electron chi connectivity index (χ3n) is 3.69. The van der Waals surface area contributed by atoms with Crippen molar-refractivity contribution in [2.24, 2.45) is 5.92 Å². The minimum Gasteiger partial charge on any atom is -0.316 e. The summed E-state index contributed by atoms with van der Waals surface area (Å²) in [6.45, 7) is 6.31. The van der Waals surface area contributed by atoms with Crippen LogP contribution >= 0.6 is 0 Å². The summed E-state index contributed by atoms with van der Waals surface area (Å²) in [5, 5.41) is 12.0. The lowest BCUT2D eigenvalue weighted by Gasteiger charge is -2.07. The molecule has 5 nitrogen and oxygen atoms in total. The molecule has 2 aromatic heterocycles. The van der Waals surface area contributed by atoms with Gasteiger partial charge in [0, 0.05) is 18.2 Å². The fourth-order valence-electron chi connectivity index (χ4n) is 2.76. The smallest absolute Gasteiger partial charge is 0.164 e. The highest BCUT2D eigenvalue weighted by Crippen LogP contribution is 2.16. The van der Waals surface area contributed by atoms with Crippen molar-refractivity contribution >= 4 is 5.65 Å². The number of aromatic nitrogens is 4. The molecule has 0 amide bonds. The fraction of sp³-hybridized carbons (Fsp3) is 0.615. The number of rotatable bonds is 3. The summed E-state index contributed by atoms with van der Waals surface area (Å²) in [6, 6.07) is 1.99. The highest BCUT2D eigenvalue weighted by molar-refractivity contribution is 5.39. The maximum atomic E-state index is 4.49. The molecule has 0 spiro atoms. The number of nitrogens with zero attached hydrogens (tertiary/aromatic N) is 4. The Morgan fingerprint density at radius 2 is 2.28 bits per heavy atom. The lowest BCUT2D eigenvalue weighted by atomic mass is 10.0. The number of fused-ring (bicyclic) bond motifs is 1. The minimum absolute atomic E-state index is 0.788. The maximum Gasteiger partial charge on any atom is 0.164 e. The van der Waals surface area contributed by atoms with E-state index in [0.29, 0.717) is 0 Å². The Morgan fingerprint density at radius 1 is 1.39 bits per heavy atom. The molecule has 0 aromatic carbocycles. The summed E-state index contributed by atoms with van der Waals surface area (Å²) in [7, 11) is 0. The van der Waals surface area contributed by atoms with E-state index in [1.807, 2.05) is 19.9 Å². The van der Waals surface area contributed by atoms with Crippen molar-refractivity contribution in [2.45, 2.75) is 33.1 Å². The van der Waals surface area contributed by atoms with Gasteiger partial charge < -0.3 is 5.32 Å². The van der Waals surface area contributed by atoms with Crippen LogP contribution in [0.25, 0.3) is 5.65 Å². The van der Waals surface area contributed by atoms with Gasteiger partial charge in [0.25, 0.3) is 0 Å². The Labute approximate surface area is 107 Å². The number of hydrogen-bond donors (Lipinski definition) is 1. The number of hydrogen-bond acceptors (Lipinski definition) is 4. The van der Waals surface area contributed by atoms with E-state index in [4.69, 9.17) is 0 Å². The molecule has 1 atom stereocenters. The molecule has 3 heterocycles. The van der Waals surface area contributed by atoms with Gasteiger partial charge in [0.15, 0.2) is 5.65 Å². The zero-order valence-corrected chi connectivity index (χ0v) is 11.0. The normalized spacial score (nSPS) is 19.8. The standard InChI is InChI=1S/C13H19N5/c1-9-7-13-17-16-12(18(13)10(2)15-9)4-3-11-5-6-14-8-11/h7,11,14H,3-6,8H2,1-2H3. The van der Waals surface area contributed by atoms with Crippen LogP contribution in [0.2, 0.25) is 0 Å². The topological polar surface area (TPSA) is 55.1 Å². The van der Waals surface area contributed by atoms with Crippen LogP contribution in [0.4, 0.5) is 0 Å². The van der Waals surface area contributed by atoms with Crippen LogP contribution in [0.5, 0.6) is 0 Å². The molecule has 1 aliphatic heterocycles. The van der Waals surface area contributed by atoms with Crippen LogP contribution in [0.3, 0.4) is 0 Å². The van der Waals surface area contributed by atoms with Gasteiger partial charge in [-0.05, 0) is 45.7 Å². The predicted molar refractivity (Wildman–Crippen MR) is 69.6 cm³/mol. The molecule has 3 rings (SSSR count). The fourth-order valence-corrected chi connectivity index (χ4v) is 2.76. The van der Waals surface area contributed by atoms with Gasteiger partial charge in [0.2, 0.25) is 0 Å². The molecule has 2 aromatic rings. The van der Waals surface area contributed by atoms with Gasteiger partial charge in [-0.2, -0.15) is 0 Å². The van der Waals surface area contributed by atoms with Gasteiger partial charge in [-0.15, -0.1) is 10.2 Å². The largest absolute Gasteiger partial charge is 0.316 e. The highest BCUT2D eigenvalue weighted by atomic mass is 15.3. The van der Waals surface area contributed by atoms with E-state index >= 15 is 0 Å². The van der Waals surface area contributed by atoms with Crippen molar-refractivity contribution in [2.75, 3.05) is 13.1 Å². The van der Waals surface area contributed by atoms with Crippen LogP contribution in [-0.4, -0.2) is 32.7 Å². The van der Waals surface area contributed by atoms with Crippen LogP contribution < -0.4 is 5.32 Å². The molecule has 1 unspecified atom stereocenters. The van der Waals surface area contributed by atoms with Crippen LogP contribution in [0.15, 0.2) is 6.07 Å². The summed E-state index contributed by atoms with van der Waals surface area (Å²) in [4.78, 5) is 4.49. The molecule has 18 heavy (non-hydrogen) atoms. The highest BCUT2D eigenvalue weighted by Gasteiger charge is 2.16. The van der Waals surface area contributed by atoms with Gasteiger partial charge in [-0.1, -0.05) is 0 Å². The molecule has 0 radical (unpaired) electrons. The van der Waals surface area contributed by atoms with E-state index in [9.17, 15) is 0 Å². The Bertz CT molecular complexity index is 554. The van der Waals surface area contributed by atoms with E-state index in [1.165, 1.54) is 12.8 Å². The molecule has 96 valence electrons. The first-order chi connectivity index (χ1) is 8.74. The monoisotopic (exact) mass is 245 g/mol. The minimum atomic E-state index is 0.788. The lowest BCUT2D eigenvalue weighted by Crippen LogP contribution is -2.10. The molecule has 1 saturated heterocycles. The van der Waals surface area contributed by atoms with Crippen LogP contribution in [0, 0.1) is 19.8 Å². The van der Waals surface area contributed by atoms with Crippen LogP contribution in [-0.2, 0) is 6.42 Å². The quantitative estimate of drug-likeness (QED) is 0.885. The van der Waals surface area contributed by atoms with E-state index in [0.717, 1.165) is 48.4 Å². The molecule has 0 bridgehead atoms. The Balaban J connectivity index is 1.83. The summed E-state index contributed by atoms with van der Waals surface area (Å²) in [6.07, 6.45) is 3.45. The first-order valence-corrected chi connectivity index (χ1v) is 6.63. The van der Waals surface area contributed by atoms with E-state index in [2.05, 4.69) is 24.9 Å². The molecule has 1 N–H and O–H groups in total. The van der Waals surface area contributed by atoms with Crippen molar-refractivity contribution in [1.82, 2.24) is 24.9 Å². The molecule has 0 saturated carbocycles. The second kappa shape index (κ2) is 4.65. The molecule has 5 heteroatoms. The average molecular weight is 245 g/mol. The maximum absolute atomic E-state index is 4.49. The summed E-state index contributed by atoms with van der Waals surface area (Å²) in [5.74, 6) is 2.81. The van der Waals surface area contributed by atoms with E-state index in [1.54, 1.807) is 0 Å². The van der Waals surface area contributed by atoms with Gasteiger partial charge in [-0.25, -0.2) is 4.98 Å². The third kappa shape index (κ3) is 2.10. The van der Waals surface area contributed by atoms with E-state index in [-0.39, 0.29) is 0 Å². The average Bonchev–Trinajstić information content (AvgIpc) is 2.94. The Hall–Kier alpha value is -1.49. The molecule has 0 aliphatic carbocycles. The molecular weight excluding hydrogens is 226 g/mol. The molecule has 1 aliphatic rings. The zero-order valence-electron chi connectivity index (χ0n) is 11.0. The zero-order chi connectivity index (χ0) is 12.5. The van der Waals surface area contributed by atoms with Gasteiger partial charge in [-0.3, -0.25) is 4.40 Å². The summed E-state index contributed by atoms with van der Waals surface area (Å²) in [5.41, 5.74) is 1.92. The number of nitrogens with one attached hydrogen (secondary N) is 1. The predicted octanol–water partition coefficient (Wildman–Crippen LogP) is 1.28. The van der Waals surface area contributed by atoms with Crippen molar-refractivity contribution in [3.8, 4) is 0 Å². The first kappa shape index (κ1) is 11.6. The lowest BCUT2D eigenvalue weighted by molar-refractivity contribution is 0.522. The molecular formula is C13H19N5. The summed E-state index contributed by atoms with van der Waals surface area (Å²) >= 11 is 0. The summed E-state index contributed by atoms with van der Waals surface area (Å²) < 4.78 is 2.08. The molecule has 1 fully saturated rings. The van der Waals surface area contributed by atoms with Crippen molar-refractivity contribution in [3.05, 3.63) is 23.4 Å². The van der Waals surface area contributed by atoms with Crippen LogP contribution in [0.1, 0.15) is 30.2 Å². The second-order valence-electron chi connectivity index (χ2n) is 5.15. The second-order valence-corrected chi connectivity index (χ2v) is 5.15. The first-order valence-electron chi connectivity index (χ1n) is 6.63. The Kier molecular flexibility index (Phi) is 2.99. The van der Waals surface area contributed by atoms with Gasteiger partial charge in [0.1, 0.15) is 11.6 Å². The van der Waals surface area contributed by atoms with Crippen molar-refractivity contribution in [3.63, 3.8) is 0 Å². The van der Waals surface area contributed by atoms with Gasteiger partial charge in [0.05, 0.1) is 0 Å². The van der Waals surface area contributed by atoms with Crippen molar-refractivity contribution < 1.29 is 0 Å². The SMILES string of the molecule is Cc1cc2nnc(CCC3CCNC3)n2c(C)n1. The van der Waals surface area contributed by atoms with Gasteiger partial charge >= 0.3 is 0 Å². The number of aryl methyl sites for hydroxylation is 3. The Morgan fingerprint density at radius 3 is 3.06 bits per heavy atom. The van der Waals surface area contributed by atoms with Crippen molar-refractivity contribution in [1.29, 1.82) is 0 Å². The van der Waals surface area contributed by atoms with E-state index < -0.39 is 0 Å². The third-order valence-corrected chi connectivity index (χ3v) is 3.69.